The van der Waals surface area contributed by atoms with Gasteiger partial charge >= 0.3 is 12.6 Å². The van der Waals surface area contributed by atoms with Crippen molar-refractivity contribution >= 4 is 11.5 Å². The highest BCUT2D eigenvalue weighted by Gasteiger charge is 2.15. The molecule has 0 bridgehead atoms. The first kappa shape index (κ1) is 13.2. The van der Waals surface area contributed by atoms with E-state index >= 15 is 0 Å². The van der Waals surface area contributed by atoms with Crippen molar-refractivity contribution in [1.82, 2.24) is 0 Å². The summed E-state index contributed by atoms with van der Waals surface area (Å²) in [4.78, 5) is 11.5. The quantitative estimate of drug-likeness (QED) is 0.462. The lowest BCUT2D eigenvalue weighted by Crippen LogP contribution is -2.07. The molecule has 0 saturated heterocycles. The van der Waals surface area contributed by atoms with Gasteiger partial charge in [0.15, 0.2) is 0 Å². The summed E-state index contributed by atoms with van der Waals surface area (Å²) in [6.45, 7) is -1.22. The third-order valence-electron chi connectivity index (χ3n) is 2.13. The van der Waals surface area contributed by atoms with E-state index in [2.05, 4.69) is 9.47 Å². The summed E-state index contributed by atoms with van der Waals surface area (Å²) in [5.41, 5.74) is 1.23. The Kier molecular flexibility index (Phi) is 4.63. The molecule has 0 amide bonds. The first-order chi connectivity index (χ1) is 8.06. The number of methoxy groups -OCH3 is 1. The largest absolute Gasteiger partial charge is 0.465 e. The van der Waals surface area contributed by atoms with Crippen LogP contribution in [0.4, 0.5) is 8.78 Å². The summed E-state index contributed by atoms with van der Waals surface area (Å²) in [7, 11) is 1.18. The predicted molar refractivity (Wildman–Crippen MR) is 58.3 cm³/mol. The number of hydrogen-bond donors (Lipinski definition) is 0. The van der Waals surface area contributed by atoms with Crippen LogP contribution in [0, 0.1) is 6.92 Å². The van der Waals surface area contributed by atoms with Crippen molar-refractivity contribution in [2.45, 2.75) is 13.5 Å². The number of hydrogen-bond acceptors (Lipinski definition) is 3. The van der Waals surface area contributed by atoms with Crippen LogP contribution < -0.4 is 0 Å². The molecule has 0 aromatic heterocycles. The van der Waals surface area contributed by atoms with E-state index in [0.29, 0.717) is 5.56 Å². The molecule has 0 N–H and O–H groups in total. The van der Waals surface area contributed by atoms with Crippen molar-refractivity contribution in [2.75, 3.05) is 7.11 Å². The molecule has 3 nitrogen and oxygen atoms in total. The van der Waals surface area contributed by atoms with Gasteiger partial charge in [-0.05, 0) is 18.1 Å². The first-order valence-corrected chi connectivity index (χ1v) is 4.84. The summed E-state index contributed by atoms with van der Waals surface area (Å²) in [5.74, 6) is -0.722. The van der Waals surface area contributed by atoms with Gasteiger partial charge in [0.1, 0.15) is 11.8 Å². The molecule has 1 aromatic rings. The number of aryl methyl sites for hydroxylation is 1. The SMILES string of the molecule is COC(=O)/C(=C/OC(F)F)c1ccccc1C. The molecule has 5 heteroatoms. The van der Waals surface area contributed by atoms with Crippen molar-refractivity contribution < 1.29 is 23.0 Å². The number of rotatable bonds is 4. The Morgan fingerprint density at radius 1 is 1.35 bits per heavy atom. The Balaban J connectivity index is 3.11. The average molecular weight is 242 g/mol. The van der Waals surface area contributed by atoms with Crippen molar-refractivity contribution in [3.8, 4) is 0 Å². The molecule has 1 aromatic carbocycles. The molecule has 0 radical (unpaired) electrons. The molecule has 17 heavy (non-hydrogen) atoms. The van der Waals surface area contributed by atoms with Crippen LogP contribution in [0.1, 0.15) is 11.1 Å². The van der Waals surface area contributed by atoms with E-state index in [1.165, 1.54) is 7.11 Å². The first-order valence-electron chi connectivity index (χ1n) is 4.84. The fraction of sp³-hybridized carbons (Fsp3) is 0.250. The second-order valence-corrected chi connectivity index (χ2v) is 3.23. The van der Waals surface area contributed by atoms with E-state index in [9.17, 15) is 13.6 Å². The second-order valence-electron chi connectivity index (χ2n) is 3.23. The van der Waals surface area contributed by atoms with E-state index in [0.717, 1.165) is 11.8 Å². The maximum atomic E-state index is 12.0. The summed E-state index contributed by atoms with van der Waals surface area (Å²) >= 11 is 0. The minimum atomic E-state index is -2.97. The normalized spacial score (nSPS) is 11.5. The highest BCUT2D eigenvalue weighted by atomic mass is 19.3. The van der Waals surface area contributed by atoms with E-state index in [1.54, 1.807) is 31.2 Å². The van der Waals surface area contributed by atoms with Gasteiger partial charge in [-0.3, -0.25) is 0 Å². The van der Waals surface area contributed by atoms with Gasteiger partial charge in [-0.25, -0.2) is 4.79 Å². The number of halogens is 2. The molecule has 0 saturated carbocycles. The Morgan fingerprint density at radius 2 is 2.00 bits per heavy atom. The fourth-order valence-corrected chi connectivity index (χ4v) is 1.33. The molecule has 92 valence electrons. The fourth-order valence-electron chi connectivity index (χ4n) is 1.33. The molecular weight excluding hydrogens is 230 g/mol. The maximum absolute atomic E-state index is 12.0. The third-order valence-corrected chi connectivity index (χ3v) is 2.13. The molecule has 0 spiro atoms. The third kappa shape index (κ3) is 3.55. The smallest absolute Gasteiger partial charge is 0.386 e. The molecule has 0 aliphatic carbocycles. The standard InChI is InChI=1S/C12H12F2O3/c1-8-5-3-4-6-9(8)10(11(15)16-2)7-17-12(13)14/h3-7,12H,1-2H3/b10-7+. The van der Waals surface area contributed by atoms with E-state index in [1.807, 2.05) is 0 Å². The molecule has 0 fully saturated rings. The van der Waals surface area contributed by atoms with Crippen molar-refractivity contribution in [3.63, 3.8) is 0 Å². The Bertz CT molecular complexity index is 428. The van der Waals surface area contributed by atoms with Gasteiger partial charge in [0.25, 0.3) is 0 Å². The van der Waals surface area contributed by atoms with Gasteiger partial charge in [0.05, 0.1) is 7.11 Å². The van der Waals surface area contributed by atoms with Gasteiger partial charge in [-0.15, -0.1) is 0 Å². The van der Waals surface area contributed by atoms with Crippen molar-refractivity contribution in [1.29, 1.82) is 0 Å². The summed E-state index contributed by atoms with van der Waals surface area (Å²) < 4.78 is 32.5. The maximum Gasteiger partial charge on any atom is 0.386 e. The molecule has 0 aliphatic heterocycles. The molecule has 0 aliphatic rings. The van der Waals surface area contributed by atoms with E-state index in [-0.39, 0.29) is 5.57 Å². The minimum absolute atomic E-state index is 0.0362. The van der Waals surface area contributed by atoms with Crippen LogP contribution in [0.5, 0.6) is 0 Å². The number of carbonyl (C=O) groups excluding carboxylic acids is 1. The number of carbonyl (C=O) groups is 1. The van der Waals surface area contributed by atoms with Gasteiger partial charge < -0.3 is 9.47 Å². The predicted octanol–water partition coefficient (Wildman–Crippen LogP) is 2.75. The van der Waals surface area contributed by atoms with Crippen LogP contribution in [-0.2, 0) is 14.3 Å². The highest BCUT2D eigenvalue weighted by molar-refractivity contribution is 6.16. The Labute approximate surface area is 97.7 Å². The number of benzene rings is 1. The van der Waals surface area contributed by atoms with Gasteiger partial charge in [0, 0.05) is 0 Å². The van der Waals surface area contributed by atoms with Crippen molar-refractivity contribution in [3.05, 3.63) is 41.7 Å². The lowest BCUT2D eigenvalue weighted by molar-refractivity contribution is -0.134. The molecular formula is C12H12F2O3. The highest BCUT2D eigenvalue weighted by Crippen LogP contribution is 2.20. The minimum Gasteiger partial charge on any atom is -0.465 e. The number of ether oxygens (including phenoxy) is 2. The van der Waals surface area contributed by atoms with Crippen LogP contribution in [0.2, 0.25) is 0 Å². The number of esters is 1. The zero-order chi connectivity index (χ0) is 12.8. The van der Waals surface area contributed by atoms with Crippen molar-refractivity contribution in [2.24, 2.45) is 0 Å². The molecule has 0 atom stereocenters. The average Bonchev–Trinajstić information content (AvgIpc) is 2.30. The Hall–Kier alpha value is -1.91. The zero-order valence-electron chi connectivity index (χ0n) is 9.44. The van der Waals surface area contributed by atoms with Crippen LogP contribution >= 0.6 is 0 Å². The summed E-state index contributed by atoms with van der Waals surface area (Å²) in [5, 5.41) is 0. The molecule has 0 heterocycles. The van der Waals surface area contributed by atoms with E-state index in [4.69, 9.17) is 0 Å². The van der Waals surface area contributed by atoms with Crippen LogP contribution in [0.25, 0.3) is 5.57 Å². The lowest BCUT2D eigenvalue weighted by Gasteiger charge is -2.08. The van der Waals surface area contributed by atoms with E-state index < -0.39 is 12.6 Å². The molecule has 0 unspecified atom stereocenters. The van der Waals surface area contributed by atoms with Crippen LogP contribution in [-0.4, -0.2) is 19.7 Å². The lowest BCUT2D eigenvalue weighted by atomic mass is 10.0. The van der Waals surface area contributed by atoms with Gasteiger partial charge in [-0.1, -0.05) is 24.3 Å². The van der Waals surface area contributed by atoms with Crippen LogP contribution in [0.15, 0.2) is 30.5 Å². The zero-order valence-corrected chi connectivity index (χ0v) is 9.44. The summed E-state index contributed by atoms with van der Waals surface area (Å²) in [6, 6.07) is 6.87. The topological polar surface area (TPSA) is 35.5 Å². The summed E-state index contributed by atoms with van der Waals surface area (Å²) in [6.07, 6.45) is 0.721. The number of alkyl halides is 2. The van der Waals surface area contributed by atoms with Crippen LogP contribution in [0.3, 0.4) is 0 Å². The molecule has 1 rings (SSSR count). The Morgan fingerprint density at radius 3 is 2.53 bits per heavy atom. The second kappa shape index (κ2) is 5.98. The monoisotopic (exact) mass is 242 g/mol. The van der Waals surface area contributed by atoms with Gasteiger partial charge in [-0.2, -0.15) is 8.78 Å². The van der Waals surface area contributed by atoms with Gasteiger partial charge in [0.2, 0.25) is 0 Å².